The van der Waals surface area contributed by atoms with E-state index in [-0.39, 0.29) is 11.7 Å². The lowest BCUT2D eigenvalue weighted by molar-refractivity contribution is 0.102. The summed E-state index contributed by atoms with van der Waals surface area (Å²) >= 11 is 6.14. The number of carbonyl (C=O) groups is 1. The summed E-state index contributed by atoms with van der Waals surface area (Å²) in [7, 11) is 1.48. The van der Waals surface area contributed by atoms with E-state index in [1.165, 1.54) is 25.3 Å². The Bertz CT molecular complexity index is 688. The van der Waals surface area contributed by atoms with Crippen LogP contribution in [0.15, 0.2) is 36.4 Å². The molecule has 0 bridgehead atoms. The van der Waals surface area contributed by atoms with E-state index in [9.17, 15) is 9.90 Å². The van der Waals surface area contributed by atoms with Crippen LogP contribution in [-0.2, 0) is 0 Å². The Morgan fingerprint density at radius 1 is 1.32 bits per heavy atom. The number of rotatable bonds is 5. The number of hydrogen-bond acceptors (Lipinski definition) is 4. The molecule has 6 heteroatoms. The minimum atomic E-state index is -0.367. The predicted molar refractivity (Wildman–Crippen MR) is 85.2 cm³/mol. The highest BCUT2D eigenvalue weighted by atomic mass is 35.5. The SMILES string of the molecule is CCOc1c(Cl)cc(C(=O)Nc2cccc(O)c2)cc1OC. The molecule has 2 N–H and O–H groups in total. The number of methoxy groups -OCH3 is 1. The van der Waals surface area contributed by atoms with Crippen LogP contribution in [0.5, 0.6) is 17.2 Å². The first kappa shape index (κ1) is 16.0. The summed E-state index contributed by atoms with van der Waals surface area (Å²) in [5.74, 6) is 0.491. The monoisotopic (exact) mass is 321 g/mol. The first-order valence-electron chi connectivity index (χ1n) is 6.66. The van der Waals surface area contributed by atoms with Crippen LogP contribution in [0.4, 0.5) is 5.69 Å². The quantitative estimate of drug-likeness (QED) is 0.881. The molecular formula is C16H16ClNO4. The third kappa shape index (κ3) is 3.62. The highest BCUT2D eigenvalue weighted by molar-refractivity contribution is 6.32. The van der Waals surface area contributed by atoms with Gasteiger partial charge in [0.15, 0.2) is 11.5 Å². The van der Waals surface area contributed by atoms with Crippen LogP contribution in [0.25, 0.3) is 0 Å². The molecule has 0 atom stereocenters. The van der Waals surface area contributed by atoms with Gasteiger partial charge in [-0.25, -0.2) is 0 Å². The molecule has 2 rings (SSSR count). The molecule has 5 nitrogen and oxygen atoms in total. The number of halogens is 1. The van der Waals surface area contributed by atoms with Gasteiger partial charge in [-0.15, -0.1) is 0 Å². The molecule has 0 aliphatic carbocycles. The number of amides is 1. The number of phenols is 1. The summed E-state index contributed by atoms with van der Waals surface area (Å²) in [6, 6.07) is 9.33. The second-order valence-electron chi connectivity index (χ2n) is 4.43. The number of phenolic OH excluding ortho intramolecular Hbond substituents is 1. The zero-order valence-corrected chi connectivity index (χ0v) is 13.0. The van der Waals surface area contributed by atoms with Gasteiger partial charge < -0.3 is 19.9 Å². The Labute approximate surface area is 133 Å². The van der Waals surface area contributed by atoms with Crippen molar-refractivity contribution < 1.29 is 19.4 Å². The molecule has 0 unspecified atom stereocenters. The summed E-state index contributed by atoms with van der Waals surface area (Å²) in [4.78, 5) is 12.3. The van der Waals surface area contributed by atoms with Crippen LogP contribution in [-0.4, -0.2) is 24.7 Å². The Balaban J connectivity index is 2.28. The zero-order valence-electron chi connectivity index (χ0n) is 12.2. The van der Waals surface area contributed by atoms with Crippen molar-refractivity contribution in [1.29, 1.82) is 0 Å². The van der Waals surface area contributed by atoms with Gasteiger partial charge in [-0.2, -0.15) is 0 Å². The van der Waals surface area contributed by atoms with Crippen LogP contribution in [0.2, 0.25) is 5.02 Å². The van der Waals surface area contributed by atoms with Crippen LogP contribution in [0.1, 0.15) is 17.3 Å². The Morgan fingerprint density at radius 2 is 2.09 bits per heavy atom. The standard InChI is InChI=1S/C16H16ClNO4/c1-3-22-15-13(17)7-10(8-14(15)21-2)16(20)18-11-5-4-6-12(19)9-11/h4-9,19H,3H2,1-2H3,(H,18,20). The zero-order chi connectivity index (χ0) is 16.1. The lowest BCUT2D eigenvalue weighted by atomic mass is 10.1. The van der Waals surface area contributed by atoms with Crippen molar-refractivity contribution in [3.05, 3.63) is 47.0 Å². The number of carbonyl (C=O) groups excluding carboxylic acids is 1. The van der Waals surface area contributed by atoms with Crippen molar-refractivity contribution in [3.8, 4) is 17.2 Å². The normalized spacial score (nSPS) is 10.1. The fraction of sp³-hybridized carbons (Fsp3) is 0.188. The van der Waals surface area contributed by atoms with E-state index in [2.05, 4.69) is 5.32 Å². The van der Waals surface area contributed by atoms with Crippen molar-refractivity contribution in [3.63, 3.8) is 0 Å². The molecule has 116 valence electrons. The average molecular weight is 322 g/mol. The van der Waals surface area contributed by atoms with Gasteiger partial charge in [0.1, 0.15) is 5.75 Å². The summed E-state index contributed by atoms with van der Waals surface area (Å²) in [5, 5.41) is 12.4. The summed E-state index contributed by atoms with van der Waals surface area (Å²) in [5.41, 5.74) is 0.808. The van der Waals surface area contributed by atoms with E-state index in [4.69, 9.17) is 21.1 Å². The first-order chi connectivity index (χ1) is 10.5. The first-order valence-corrected chi connectivity index (χ1v) is 7.03. The average Bonchev–Trinajstić information content (AvgIpc) is 2.49. The van der Waals surface area contributed by atoms with Gasteiger partial charge in [-0.3, -0.25) is 4.79 Å². The van der Waals surface area contributed by atoms with Gasteiger partial charge in [-0.1, -0.05) is 17.7 Å². The van der Waals surface area contributed by atoms with Crippen molar-refractivity contribution in [2.24, 2.45) is 0 Å². The lowest BCUT2D eigenvalue weighted by Crippen LogP contribution is -2.12. The van der Waals surface area contributed by atoms with Crippen molar-refractivity contribution >= 4 is 23.2 Å². The highest BCUT2D eigenvalue weighted by Gasteiger charge is 2.16. The second-order valence-corrected chi connectivity index (χ2v) is 4.83. The van der Waals surface area contributed by atoms with Crippen molar-refractivity contribution in [2.75, 3.05) is 19.0 Å². The van der Waals surface area contributed by atoms with E-state index in [0.29, 0.717) is 34.4 Å². The molecule has 0 aliphatic rings. The largest absolute Gasteiger partial charge is 0.508 e. The number of anilines is 1. The molecule has 0 radical (unpaired) electrons. The number of benzene rings is 2. The number of nitrogens with one attached hydrogen (secondary N) is 1. The maximum Gasteiger partial charge on any atom is 0.255 e. The highest BCUT2D eigenvalue weighted by Crippen LogP contribution is 2.36. The fourth-order valence-electron chi connectivity index (χ4n) is 1.92. The molecule has 0 saturated carbocycles. The fourth-order valence-corrected chi connectivity index (χ4v) is 2.19. The van der Waals surface area contributed by atoms with Crippen molar-refractivity contribution in [1.82, 2.24) is 0 Å². The molecule has 2 aromatic carbocycles. The van der Waals surface area contributed by atoms with Gasteiger partial charge in [0.2, 0.25) is 0 Å². The topological polar surface area (TPSA) is 67.8 Å². The number of aromatic hydroxyl groups is 1. The predicted octanol–water partition coefficient (Wildman–Crippen LogP) is 3.71. The second kappa shape index (κ2) is 7.04. The van der Waals surface area contributed by atoms with Crippen LogP contribution < -0.4 is 14.8 Å². The van der Waals surface area contributed by atoms with Gasteiger partial charge >= 0.3 is 0 Å². The molecule has 22 heavy (non-hydrogen) atoms. The minimum Gasteiger partial charge on any atom is -0.508 e. The summed E-state index contributed by atoms with van der Waals surface area (Å²) in [6.45, 7) is 2.27. The molecule has 2 aromatic rings. The van der Waals surface area contributed by atoms with Gasteiger partial charge in [0, 0.05) is 17.3 Å². The molecule has 1 amide bonds. The van der Waals surface area contributed by atoms with Gasteiger partial charge in [0.05, 0.1) is 18.7 Å². The van der Waals surface area contributed by atoms with E-state index in [1.54, 1.807) is 18.2 Å². The Hall–Kier alpha value is -2.40. The van der Waals surface area contributed by atoms with Crippen LogP contribution in [0.3, 0.4) is 0 Å². The van der Waals surface area contributed by atoms with E-state index >= 15 is 0 Å². The van der Waals surface area contributed by atoms with Crippen molar-refractivity contribution in [2.45, 2.75) is 6.92 Å². The molecule has 0 spiro atoms. The van der Waals surface area contributed by atoms with Gasteiger partial charge in [0.25, 0.3) is 5.91 Å². The maximum atomic E-state index is 12.3. The van der Waals surface area contributed by atoms with Gasteiger partial charge in [-0.05, 0) is 31.2 Å². The number of hydrogen-bond donors (Lipinski definition) is 2. The summed E-state index contributed by atoms with van der Waals surface area (Å²) < 4.78 is 10.6. The minimum absolute atomic E-state index is 0.0695. The van der Waals surface area contributed by atoms with Crippen LogP contribution in [0, 0.1) is 0 Å². The molecule has 0 heterocycles. The Morgan fingerprint density at radius 3 is 2.73 bits per heavy atom. The van der Waals surface area contributed by atoms with E-state index < -0.39 is 0 Å². The molecule has 0 saturated heterocycles. The summed E-state index contributed by atoms with van der Waals surface area (Å²) in [6.07, 6.45) is 0. The van der Waals surface area contributed by atoms with E-state index in [1.807, 2.05) is 6.92 Å². The number of ether oxygens (including phenoxy) is 2. The smallest absolute Gasteiger partial charge is 0.255 e. The van der Waals surface area contributed by atoms with Crippen LogP contribution >= 0.6 is 11.6 Å². The maximum absolute atomic E-state index is 12.3. The third-order valence-corrected chi connectivity index (χ3v) is 3.17. The lowest BCUT2D eigenvalue weighted by Gasteiger charge is -2.13. The Kier molecular flexibility index (Phi) is 5.12. The molecule has 0 aromatic heterocycles. The third-order valence-electron chi connectivity index (χ3n) is 2.88. The molecule has 0 fully saturated rings. The molecular weight excluding hydrogens is 306 g/mol. The van der Waals surface area contributed by atoms with E-state index in [0.717, 1.165) is 0 Å². The molecule has 0 aliphatic heterocycles.